The molecular formula is C60H84N5O6+. The van der Waals surface area contributed by atoms with E-state index in [1.54, 1.807) is 112 Å². The van der Waals surface area contributed by atoms with Gasteiger partial charge >= 0.3 is 11.9 Å². The third-order valence-corrected chi connectivity index (χ3v) is 8.72. The van der Waals surface area contributed by atoms with Crippen molar-refractivity contribution < 1.29 is 33.6 Å². The van der Waals surface area contributed by atoms with E-state index in [0.717, 1.165) is 11.8 Å². The number of aromatic nitrogens is 1. The maximum absolute atomic E-state index is 13.4. The summed E-state index contributed by atoms with van der Waals surface area (Å²) >= 11 is 0. The number of anilines is 4. The number of ether oxygens (including phenoxy) is 1. The van der Waals surface area contributed by atoms with Crippen LogP contribution in [0.3, 0.4) is 0 Å². The summed E-state index contributed by atoms with van der Waals surface area (Å²) in [4.78, 5) is 54.4. The SMILES string of the molecule is CC.CC.CC.CC.CC.CC.CC(C)C.CC(C)C.O=C(Nc1ccccc1NC(=O)c1ccccc1O)c1ccccc1.O=C1c2ccccc2OC23N1c1ccccc1N2C(=O)c1cccc[n+]13. The Morgan fingerprint density at radius 2 is 0.915 bits per heavy atom. The minimum Gasteiger partial charge on any atom is -0.507 e. The van der Waals surface area contributed by atoms with Crippen LogP contribution in [-0.4, -0.2) is 28.7 Å². The molecule has 0 saturated heterocycles. The molecule has 3 N–H and O–H groups in total. The molecule has 5 aromatic carbocycles. The van der Waals surface area contributed by atoms with Gasteiger partial charge in [0.05, 0.1) is 33.9 Å². The van der Waals surface area contributed by atoms with E-state index in [4.69, 9.17) is 4.74 Å². The lowest BCUT2D eigenvalue weighted by molar-refractivity contribution is -0.788. The normalized spacial score (nSPS) is 13.0. The predicted molar refractivity (Wildman–Crippen MR) is 298 cm³/mol. The molecule has 1 unspecified atom stereocenters. The van der Waals surface area contributed by atoms with Gasteiger partial charge in [0.2, 0.25) is 0 Å². The van der Waals surface area contributed by atoms with E-state index in [-0.39, 0.29) is 29.0 Å². The number of carbonyl (C=O) groups is 4. The fraction of sp³-hybridized carbons (Fsp3) is 0.350. The van der Waals surface area contributed by atoms with Gasteiger partial charge < -0.3 is 20.5 Å². The molecule has 0 fully saturated rings. The Bertz CT molecular complexity index is 2480. The van der Waals surface area contributed by atoms with Gasteiger partial charge in [0.1, 0.15) is 11.5 Å². The molecule has 9 rings (SSSR count). The van der Waals surface area contributed by atoms with Crippen LogP contribution in [0.1, 0.15) is 166 Å². The lowest BCUT2D eigenvalue weighted by atomic mass is 10.1. The second-order valence-electron chi connectivity index (χ2n) is 15.2. The quantitative estimate of drug-likeness (QED) is 0.151. The summed E-state index contributed by atoms with van der Waals surface area (Å²) in [5, 5.41) is 15.3. The Morgan fingerprint density at radius 3 is 1.44 bits per heavy atom. The fourth-order valence-electron chi connectivity index (χ4n) is 6.42. The second-order valence-corrected chi connectivity index (χ2v) is 15.2. The van der Waals surface area contributed by atoms with Crippen molar-refractivity contribution in [2.24, 2.45) is 11.8 Å². The summed E-state index contributed by atoms with van der Waals surface area (Å²) in [5.41, 5.74) is 3.85. The topological polar surface area (TPSA) is 132 Å². The molecule has 0 bridgehead atoms. The van der Waals surface area contributed by atoms with E-state index in [1.165, 1.54) is 12.1 Å². The zero-order valence-electron chi connectivity index (χ0n) is 45.9. The molecule has 11 nitrogen and oxygen atoms in total. The number of amides is 4. The highest BCUT2D eigenvalue weighted by Gasteiger charge is 2.73. The predicted octanol–water partition coefficient (Wildman–Crippen LogP) is 15.6. The maximum atomic E-state index is 13.4. The first-order valence-corrected chi connectivity index (χ1v) is 25.5. The fourth-order valence-corrected chi connectivity index (χ4v) is 6.42. The van der Waals surface area contributed by atoms with E-state index < -0.39 is 11.9 Å². The molecule has 0 aliphatic carbocycles. The molecular weight excluding hydrogens is 887 g/mol. The third kappa shape index (κ3) is 16.4. The van der Waals surface area contributed by atoms with Crippen molar-refractivity contribution in [2.75, 3.05) is 20.4 Å². The first-order valence-electron chi connectivity index (χ1n) is 25.5. The number of carbonyl (C=O) groups excluding carboxylic acids is 4. The number of rotatable bonds is 4. The number of para-hydroxylation sites is 6. The van der Waals surface area contributed by atoms with Crippen LogP contribution in [0.2, 0.25) is 0 Å². The van der Waals surface area contributed by atoms with E-state index in [2.05, 4.69) is 52.2 Å². The minimum absolute atomic E-state index is 0.106. The summed E-state index contributed by atoms with van der Waals surface area (Å²) in [5.74, 6) is -0.492. The molecule has 1 spiro atoms. The van der Waals surface area contributed by atoms with Gasteiger partial charge in [0.25, 0.3) is 23.4 Å². The van der Waals surface area contributed by atoms with E-state index in [9.17, 15) is 24.3 Å². The monoisotopic (exact) mass is 971 g/mol. The van der Waals surface area contributed by atoms with Crippen molar-refractivity contribution in [1.29, 1.82) is 0 Å². The minimum atomic E-state index is -1.39. The van der Waals surface area contributed by atoms with Gasteiger partial charge in [0.15, 0.2) is 6.20 Å². The highest BCUT2D eigenvalue weighted by atomic mass is 16.6. The number of hydrogen-bond donors (Lipinski definition) is 3. The molecule has 1 atom stereocenters. The average molecular weight is 971 g/mol. The van der Waals surface area contributed by atoms with Crippen molar-refractivity contribution in [3.63, 3.8) is 0 Å². The molecule has 4 heterocycles. The molecule has 1 aromatic heterocycles. The first kappa shape index (κ1) is 63.7. The largest absolute Gasteiger partial charge is 0.510 e. The number of aromatic hydroxyl groups is 1. The summed E-state index contributed by atoms with van der Waals surface area (Å²) in [6.45, 7) is 37.0. The Kier molecular flexibility index (Phi) is 30.6. The van der Waals surface area contributed by atoms with E-state index in [0.29, 0.717) is 45.3 Å². The van der Waals surface area contributed by atoms with Gasteiger partial charge in [-0.1, -0.05) is 191 Å². The number of nitrogens with zero attached hydrogens (tertiary/aromatic N) is 3. The number of phenols is 1. The Labute approximate surface area is 426 Å². The smallest absolute Gasteiger partial charge is 0.507 e. The van der Waals surface area contributed by atoms with Crippen molar-refractivity contribution in [2.45, 2.75) is 131 Å². The van der Waals surface area contributed by atoms with Gasteiger partial charge in [-0.05, 0) is 78.6 Å². The van der Waals surface area contributed by atoms with Crippen LogP contribution in [0.15, 0.2) is 152 Å². The maximum Gasteiger partial charge on any atom is 0.510 e. The zero-order chi connectivity index (χ0) is 54.3. The van der Waals surface area contributed by atoms with Gasteiger partial charge in [-0.3, -0.25) is 19.2 Å². The summed E-state index contributed by atoms with van der Waals surface area (Å²) in [6.07, 6.45) is 1.77. The first-order chi connectivity index (χ1) is 34.3. The van der Waals surface area contributed by atoms with Crippen molar-refractivity contribution in [3.8, 4) is 11.5 Å². The summed E-state index contributed by atoms with van der Waals surface area (Å²) in [6, 6.07) is 41.8. The highest BCUT2D eigenvalue weighted by molar-refractivity contribution is 6.18. The highest BCUT2D eigenvalue weighted by Crippen LogP contribution is 2.52. The number of phenolic OH excluding ortho intramolecular Hbond substituents is 1. The van der Waals surface area contributed by atoms with Crippen molar-refractivity contribution in [3.05, 3.63) is 174 Å². The average Bonchev–Trinajstić information content (AvgIpc) is 3.84. The molecule has 6 aromatic rings. The number of pyridine rings is 1. The molecule has 11 heteroatoms. The van der Waals surface area contributed by atoms with Crippen LogP contribution in [0.25, 0.3) is 0 Å². The van der Waals surface area contributed by atoms with Gasteiger partial charge in [-0.2, -0.15) is 9.80 Å². The Morgan fingerprint density at radius 1 is 0.507 bits per heavy atom. The zero-order valence-corrected chi connectivity index (χ0v) is 45.9. The Balaban J connectivity index is 0.00000102. The van der Waals surface area contributed by atoms with Crippen LogP contribution in [-0.2, 0) is 5.97 Å². The molecule has 3 aliphatic heterocycles. The number of fused-ring (bicyclic) bond motifs is 5. The number of nitrogens with one attached hydrogen (secondary N) is 2. The van der Waals surface area contributed by atoms with Crippen LogP contribution in [0.4, 0.5) is 22.7 Å². The second kappa shape index (κ2) is 34.1. The van der Waals surface area contributed by atoms with E-state index >= 15 is 0 Å². The number of benzene rings is 5. The lowest BCUT2D eigenvalue weighted by Crippen LogP contribution is -2.74. The molecule has 0 radical (unpaired) electrons. The molecule has 384 valence electrons. The molecule has 4 amide bonds. The molecule has 3 aliphatic rings. The Hall–Kier alpha value is -7.27. The number of hydrogen-bond acceptors (Lipinski definition) is 6. The van der Waals surface area contributed by atoms with E-state index in [1.807, 2.05) is 126 Å². The van der Waals surface area contributed by atoms with Gasteiger partial charge in [-0.15, -0.1) is 4.57 Å². The van der Waals surface area contributed by atoms with Gasteiger partial charge in [0, 0.05) is 17.7 Å². The van der Waals surface area contributed by atoms with Crippen molar-refractivity contribution >= 4 is 46.4 Å². The van der Waals surface area contributed by atoms with Crippen LogP contribution >= 0.6 is 0 Å². The summed E-state index contributed by atoms with van der Waals surface area (Å²) in [7, 11) is 0. The van der Waals surface area contributed by atoms with Gasteiger partial charge in [-0.25, -0.2) is 0 Å². The van der Waals surface area contributed by atoms with Crippen LogP contribution < -0.4 is 29.7 Å². The third-order valence-electron chi connectivity index (χ3n) is 8.72. The van der Waals surface area contributed by atoms with Crippen LogP contribution in [0, 0.1) is 11.8 Å². The van der Waals surface area contributed by atoms with Crippen LogP contribution in [0.5, 0.6) is 11.5 Å². The molecule has 71 heavy (non-hydrogen) atoms. The lowest BCUT2D eigenvalue weighted by Gasteiger charge is -2.36. The summed E-state index contributed by atoms with van der Waals surface area (Å²) < 4.78 is 8.12. The standard InChI is InChI=1S/C20H12N3O3.C20H16N2O3.2C4H10.6C2H6/c24-18-13-7-1-4-11-17(13)26-20-21-12-6-5-10-16(21)19(25)23(20)15-9-3-2-8-14(15)22(18)20;23-18-13-7-4-10-15(18)20(25)22-17-12-6-5-11-16(17)21-19(24)14-8-2-1-3-9-14;2*1-4(2)3;6*1-2/h1-12H;1-13,23H,(H,21,24)(H,22,25);2*4H,1-3H3;6*1-2H3/q+1;;;;;;;;;. The molecule has 0 saturated carbocycles. The van der Waals surface area contributed by atoms with Crippen molar-refractivity contribution in [1.82, 2.24) is 0 Å².